The first kappa shape index (κ1) is 7.82. The minimum absolute atomic E-state index is 0.233. The van der Waals surface area contributed by atoms with Crippen LogP contribution in [0, 0.1) is 0 Å². The van der Waals surface area contributed by atoms with Gasteiger partial charge in [-0.25, -0.2) is 0 Å². The third-order valence-electron chi connectivity index (χ3n) is 1.27. The van der Waals surface area contributed by atoms with Gasteiger partial charge in [0.1, 0.15) is 0 Å². The third-order valence-corrected chi connectivity index (χ3v) is 2.40. The lowest BCUT2D eigenvalue weighted by Crippen LogP contribution is -1.87. The fraction of sp³-hybridized carbons (Fsp3) is 0.571. The Bertz CT molecular complexity index is 163. The van der Waals surface area contributed by atoms with Gasteiger partial charge in [0.2, 0.25) is 0 Å². The second kappa shape index (κ2) is 3.78. The van der Waals surface area contributed by atoms with E-state index in [9.17, 15) is 4.79 Å². The van der Waals surface area contributed by atoms with Crippen LogP contribution in [0.3, 0.4) is 0 Å². The van der Waals surface area contributed by atoms with Gasteiger partial charge < -0.3 is 4.74 Å². The van der Waals surface area contributed by atoms with Crippen LogP contribution in [-0.2, 0) is 9.53 Å². The van der Waals surface area contributed by atoms with Crippen LogP contribution in [0.5, 0.6) is 0 Å². The molecule has 0 fully saturated rings. The largest absolute Gasteiger partial charge is 0.384 e. The number of hydrogen-bond acceptors (Lipinski definition) is 3. The van der Waals surface area contributed by atoms with E-state index in [1.165, 1.54) is 0 Å². The Morgan fingerprint density at radius 2 is 2.60 bits per heavy atom. The Hall–Kier alpha value is -0.280. The lowest BCUT2D eigenvalue weighted by Gasteiger charge is -1.96. The van der Waals surface area contributed by atoms with Gasteiger partial charge in [0.05, 0.1) is 12.4 Å². The number of ketones is 1. The highest BCUT2D eigenvalue weighted by atomic mass is 32.2. The normalized spacial score (nSPS) is 17.7. The van der Waals surface area contributed by atoms with Gasteiger partial charge in [0.25, 0.3) is 0 Å². The average molecular weight is 158 g/mol. The first-order valence-corrected chi connectivity index (χ1v) is 4.16. The van der Waals surface area contributed by atoms with Crippen molar-refractivity contribution in [2.75, 3.05) is 19.5 Å². The number of carbonyl (C=O) groups excluding carboxylic acids is 1. The summed E-state index contributed by atoms with van der Waals surface area (Å²) in [5.41, 5.74) is 0. The number of allylic oxidation sites excluding steroid dienone is 1. The third kappa shape index (κ3) is 2.15. The fourth-order valence-corrected chi connectivity index (χ4v) is 1.63. The van der Waals surface area contributed by atoms with Crippen LogP contribution in [0.15, 0.2) is 11.0 Å². The number of methoxy groups -OCH3 is 1. The molecule has 0 spiro atoms. The Morgan fingerprint density at radius 3 is 3.10 bits per heavy atom. The summed E-state index contributed by atoms with van der Waals surface area (Å²) in [7, 11) is 1.67. The molecule has 0 saturated carbocycles. The van der Waals surface area contributed by atoms with Gasteiger partial charge in [-0.3, -0.25) is 4.79 Å². The topological polar surface area (TPSA) is 26.3 Å². The zero-order valence-electron chi connectivity index (χ0n) is 5.92. The van der Waals surface area contributed by atoms with E-state index in [1.807, 2.05) is 0 Å². The van der Waals surface area contributed by atoms with Crippen LogP contribution >= 0.6 is 11.8 Å². The van der Waals surface area contributed by atoms with Crippen LogP contribution in [0.2, 0.25) is 0 Å². The predicted molar refractivity (Wildman–Crippen MR) is 42.0 cm³/mol. The van der Waals surface area contributed by atoms with Gasteiger partial charge >= 0.3 is 0 Å². The van der Waals surface area contributed by atoms with Gasteiger partial charge in [-0.15, -0.1) is 11.8 Å². The molecule has 0 radical (unpaired) electrons. The SMILES string of the molecule is COCCC1=CC(=O)CS1. The van der Waals surface area contributed by atoms with Crippen LogP contribution in [0.25, 0.3) is 0 Å². The van der Waals surface area contributed by atoms with Crippen LogP contribution < -0.4 is 0 Å². The van der Waals surface area contributed by atoms with E-state index in [2.05, 4.69) is 0 Å². The molecule has 0 amide bonds. The molecule has 10 heavy (non-hydrogen) atoms. The van der Waals surface area contributed by atoms with E-state index < -0.39 is 0 Å². The molecule has 0 bridgehead atoms. The van der Waals surface area contributed by atoms with Crippen molar-refractivity contribution in [1.29, 1.82) is 0 Å². The molecule has 1 aliphatic heterocycles. The molecule has 0 atom stereocenters. The number of carbonyl (C=O) groups is 1. The summed E-state index contributed by atoms with van der Waals surface area (Å²) < 4.78 is 4.87. The quantitative estimate of drug-likeness (QED) is 0.617. The van der Waals surface area contributed by atoms with E-state index in [-0.39, 0.29) is 5.78 Å². The summed E-state index contributed by atoms with van der Waals surface area (Å²) in [5, 5.41) is 0. The van der Waals surface area contributed by atoms with Crippen molar-refractivity contribution >= 4 is 17.5 Å². The molecule has 3 heteroatoms. The number of thioether (sulfide) groups is 1. The van der Waals surface area contributed by atoms with Crippen LogP contribution in [0.1, 0.15) is 6.42 Å². The maximum absolute atomic E-state index is 10.7. The number of ether oxygens (including phenoxy) is 1. The molecule has 0 aromatic heterocycles. The lowest BCUT2D eigenvalue weighted by atomic mass is 10.3. The zero-order chi connectivity index (χ0) is 7.40. The maximum Gasteiger partial charge on any atom is 0.166 e. The minimum atomic E-state index is 0.233. The summed E-state index contributed by atoms with van der Waals surface area (Å²) in [6.45, 7) is 0.714. The van der Waals surface area contributed by atoms with Gasteiger partial charge in [0, 0.05) is 13.5 Å². The van der Waals surface area contributed by atoms with Crippen molar-refractivity contribution < 1.29 is 9.53 Å². The van der Waals surface area contributed by atoms with E-state index >= 15 is 0 Å². The smallest absolute Gasteiger partial charge is 0.166 e. The molecule has 1 aliphatic rings. The Kier molecular flexibility index (Phi) is 2.96. The van der Waals surface area contributed by atoms with Crippen molar-refractivity contribution in [2.45, 2.75) is 6.42 Å². The van der Waals surface area contributed by atoms with Gasteiger partial charge in [-0.1, -0.05) is 0 Å². The maximum atomic E-state index is 10.7. The van der Waals surface area contributed by atoms with E-state index in [0.29, 0.717) is 12.4 Å². The highest BCUT2D eigenvalue weighted by Crippen LogP contribution is 2.24. The molecule has 1 rings (SSSR count). The van der Waals surface area contributed by atoms with E-state index in [1.54, 1.807) is 24.9 Å². The first-order valence-electron chi connectivity index (χ1n) is 3.18. The monoisotopic (exact) mass is 158 g/mol. The van der Waals surface area contributed by atoms with Crippen molar-refractivity contribution in [3.63, 3.8) is 0 Å². The van der Waals surface area contributed by atoms with Gasteiger partial charge in [-0.05, 0) is 11.0 Å². The van der Waals surface area contributed by atoms with E-state index in [4.69, 9.17) is 4.74 Å². The van der Waals surface area contributed by atoms with Gasteiger partial charge in [-0.2, -0.15) is 0 Å². The first-order chi connectivity index (χ1) is 4.83. The van der Waals surface area contributed by atoms with Gasteiger partial charge in [0.15, 0.2) is 5.78 Å². The van der Waals surface area contributed by atoms with Crippen LogP contribution in [0.4, 0.5) is 0 Å². The van der Waals surface area contributed by atoms with Crippen molar-refractivity contribution in [1.82, 2.24) is 0 Å². The Morgan fingerprint density at radius 1 is 1.80 bits per heavy atom. The molecule has 0 unspecified atom stereocenters. The van der Waals surface area contributed by atoms with Crippen molar-refractivity contribution in [3.05, 3.63) is 11.0 Å². The molecule has 0 aromatic carbocycles. The summed E-state index contributed by atoms with van der Waals surface area (Å²) in [6.07, 6.45) is 2.59. The fourth-order valence-electron chi connectivity index (χ4n) is 0.774. The van der Waals surface area contributed by atoms with Crippen LogP contribution in [-0.4, -0.2) is 25.3 Å². The number of hydrogen-bond donors (Lipinski definition) is 0. The molecule has 0 saturated heterocycles. The summed E-state index contributed by atoms with van der Waals surface area (Å²) >= 11 is 1.62. The molecule has 1 heterocycles. The Balaban J connectivity index is 2.28. The highest BCUT2D eigenvalue weighted by molar-refractivity contribution is 8.04. The molecular weight excluding hydrogens is 148 g/mol. The molecule has 0 aliphatic carbocycles. The Labute approximate surface area is 64.6 Å². The lowest BCUT2D eigenvalue weighted by molar-refractivity contribution is -0.112. The summed E-state index contributed by atoms with van der Waals surface area (Å²) in [4.78, 5) is 11.8. The van der Waals surface area contributed by atoms with Crippen molar-refractivity contribution in [2.24, 2.45) is 0 Å². The molecule has 0 N–H and O–H groups in total. The summed E-state index contributed by atoms with van der Waals surface area (Å²) in [5.74, 6) is 0.857. The molecule has 56 valence electrons. The zero-order valence-corrected chi connectivity index (χ0v) is 6.74. The molecule has 2 nitrogen and oxygen atoms in total. The van der Waals surface area contributed by atoms with Crippen molar-refractivity contribution in [3.8, 4) is 0 Å². The predicted octanol–water partition coefficient (Wildman–Crippen LogP) is 1.22. The second-order valence-corrected chi connectivity index (χ2v) is 3.21. The molecule has 0 aromatic rings. The summed E-state index contributed by atoms with van der Waals surface area (Å²) in [6, 6.07) is 0. The van der Waals surface area contributed by atoms with E-state index in [0.717, 1.165) is 11.3 Å². The molecular formula is C7H10O2S. The second-order valence-electron chi connectivity index (χ2n) is 2.11. The minimum Gasteiger partial charge on any atom is -0.384 e. The highest BCUT2D eigenvalue weighted by Gasteiger charge is 2.11. The average Bonchev–Trinajstić information content (AvgIpc) is 2.31. The standard InChI is InChI=1S/C7H10O2S/c1-9-3-2-7-4-6(8)5-10-7/h4H,2-3,5H2,1H3. The number of rotatable bonds is 3.